The van der Waals surface area contributed by atoms with Gasteiger partial charge in [-0.05, 0) is 143 Å². The molecule has 0 nitrogen and oxygen atoms in total. The fourth-order valence-corrected chi connectivity index (χ4v) is 11.8. The molecule has 0 atom stereocenters. The summed E-state index contributed by atoms with van der Waals surface area (Å²) in [4.78, 5) is 0. The Morgan fingerprint density at radius 3 is 1.39 bits per heavy atom. The first-order valence-electron chi connectivity index (χ1n) is 20.8. The van der Waals surface area contributed by atoms with Crippen molar-refractivity contribution < 1.29 is 0 Å². The van der Waals surface area contributed by atoms with Gasteiger partial charge in [0.15, 0.2) is 0 Å². The molecule has 0 N–H and O–H groups in total. The van der Waals surface area contributed by atoms with Gasteiger partial charge in [0.1, 0.15) is 0 Å². The van der Waals surface area contributed by atoms with Gasteiger partial charge in [-0.25, -0.2) is 0 Å². The average Bonchev–Trinajstić information content (AvgIpc) is 3.79. The molecule has 0 heterocycles. The van der Waals surface area contributed by atoms with E-state index in [-0.39, 0.29) is 0 Å². The summed E-state index contributed by atoms with van der Waals surface area (Å²) < 4.78 is 0. The van der Waals surface area contributed by atoms with Crippen molar-refractivity contribution in [2.24, 2.45) is 0 Å². The molecule has 2 aliphatic carbocycles. The van der Waals surface area contributed by atoms with Gasteiger partial charge in [0.25, 0.3) is 0 Å². The first-order valence-corrected chi connectivity index (χ1v) is 20.8. The van der Waals surface area contributed by atoms with Crippen molar-refractivity contribution in [2.45, 2.75) is 5.41 Å². The maximum absolute atomic E-state index is 2.47. The third kappa shape index (κ3) is 3.85. The van der Waals surface area contributed by atoms with Crippen LogP contribution in [-0.4, -0.2) is 0 Å². The lowest BCUT2D eigenvalue weighted by molar-refractivity contribution is 0.809. The molecule has 0 aromatic heterocycles. The minimum Gasteiger partial charge on any atom is -0.0619 e. The van der Waals surface area contributed by atoms with Crippen molar-refractivity contribution in [1.82, 2.24) is 0 Å². The van der Waals surface area contributed by atoms with E-state index in [0.29, 0.717) is 0 Å². The second-order valence-corrected chi connectivity index (χ2v) is 16.6. The normalized spacial score (nSPS) is 13.6. The minimum atomic E-state index is -0.488. The molecule has 0 bridgehead atoms. The molecule has 0 aliphatic heterocycles. The number of hydrogen-bond acceptors (Lipinski definition) is 0. The zero-order valence-electron chi connectivity index (χ0n) is 32.1. The summed E-state index contributed by atoms with van der Waals surface area (Å²) in [6, 6.07) is 78.1. The standard InChI is InChI=1S/C59H34/c1-2-19-42-38(15-1)39-16-3-7-23-46(39)55-47-24-8-5-20-43(47)51(34-52(42)55)36-29-31-37-35(33-36)30-32-50-56-48-25-9-4-17-40(48)41-18-6-10-26-49(41)58(56)59(57(37)50)53-27-13-11-21-44(53)45-22-12-14-28-54(45)59/h1-34H. The van der Waals surface area contributed by atoms with Crippen LogP contribution in [0, 0.1) is 0 Å². The van der Waals surface area contributed by atoms with E-state index in [4.69, 9.17) is 0 Å². The van der Waals surface area contributed by atoms with Crippen LogP contribution in [0.1, 0.15) is 22.3 Å². The van der Waals surface area contributed by atoms with Crippen LogP contribution in [-0.2, 0) is 5.41 Å². The van der Waals surface area contributed by atoms with E-state index >= 15 is 0 Å². The average molecular weight is 743 g/mol. The van der Waals surface area contributed by atoms with Crippen LogP contribution >= 0.6 is 0 Å². The molecule has 2 aliphatic rings. The van der Waals surface area contributed by atoms with Crippen molar-refractivity contribution >= 4 is 75.4 Å². The predicted molar refractivity (Wildman–Crippen MR) is 251 cm³/mol. The molecule has 12 aromatic rings. The fourth-order valence-electron chi connectivity index (χ4n) is 11.8. The quantitative estimate of drug-likeness (QED) is 0.147. The van der Waals surface area contributed by atoms with Crippen molar-refractivity contribution in [3.05, 3.63) is 229 Å². The van der Waals surface area contributed by atoms with E-state index in [1.54, 1.807) is 0 Å². The third-order valence-electron chi connectivity index (χ3n) is 14.0. The van der Waals surface area contributed by atoms with Gasteiger partial charge in [0.2, 0.25) is 0 Å². The lowest BCUT2D eigenvalue weighted by Gasteiger charge is -2.32. The zero-order valence-corrected chi connectivity index (χ0v) is 32.1. The molecule has 0 fully saturated rings. The highest BCUT2D eigenvalue weighted by atomic mass is 14.5. The second kappa shape index (κ2) is 11.3. The van der Waals surface area contributed by atoms with Gasteiger partial charge in [0.05, 0.1) is 5.41 Å². The van der Waals surface area contributed by atoms with E-state index in [2.05, 4.69) is 206 Å². The lowest BCUT2D eigenvalue weighted by atomic mass is 9.68. The maximum atomic E-state index is 2.47. The van der Waals surface area contributed by atoms with Gasteiger partial charge in [-0.2, -0.15) is 0 Å². The Bertz CT molecular complexity index is 3800. The van der Waals surface area contributed by atoms with E-state index in [1.165, 1.54) is 131 Å². The Balaban J connectivity index is 1.12. The van der Waals surface area contributed by atoms with Crippen LogP contribution in [0.25, 0.3) is 109 Å². The second-order valence-electron chi connectivity index (χ2n) is 16.6. The number of hydrogen-bond donors (Lipinski definition) is 0. The highest BCUT2D eigenvalue weighted by Crippen LogP contribution is 2.66. The van der Waals surface area contributed by atoms with Gasteiger partial charge >= 0.3 is 0 Å². The molecule has 0 saturated carbocycles. The number of fused-ring (bicyclic) bond motifs is 25. The summed E-state index contributed by atoms with van der Waals surface area (Å²) in [5, 5.41) is 18.2. The van der Waals surface area contributed by atoms with Gasteiger partial charge in [-0.1, -0.05) is 194 Å². The van der Waals surface area contributed by atoms with Gasteiger partial charge in [-0.3, -0.25) is 0 Å². The summed E-state index contributed by atoms with van der Waals surface area (Å²) in [5.41, 5.74) is 12.9. The molecule has 0 amide bonds. The number of benzene rings is 12. The van der Waals surface area contributed by atoms with Crippen LogP contribution in [0.3, 0.4) is 0 Å². The molecular weight excluding hydrogens is 709 g/mol. The molecule has 14 rings (SSSR count). The summed E-state index contributed by atoms with van der Waals surface area (Å²) in [5.74, 6) is 0. The summed E-state index contributed by atoms with van der Waals surface area (Å²) in [7, 11) is 0. The Hall–Kier alpha value is -7.54. The molecule has 0 radical (unpaired) electrons. The minimum absolute atomic E-state index is 0.488. The van der Waals surface area contributed by atoms with E-state index in [9.17, 15) is 0 Å². The Morgan fingerprint density at radius 2 is 0.729 bits per heavy atom. The van der Waals surface area contributed by atoms with Crippen molar-refractivity contribution in [2.75, 3.05) is 0 Å². The Morgan fingerprint density at radius 1 is 0.254 bits per heavy atom. The Kier molecular flexibility index (Phi) is 6.05. The van der Waals surface area contributed by atoms with Crippen LogP contribution < -0.4 is 0 Å². The van der Waals surface area contributed by atoms with Gasteiger partial charge in [-0.15, -0.1) is 0 Å². The SMILES string of the molecule is c1ccc2c(c1)-c1ccccc1C21c2c(ccc3cc(-c4cc5c6ccccc6c6ccccc6c5c5ccccc45)ccc23)-c2c1c1ccccc1c1ccccc21. The van der Waals surface area contributed by atoms with Crippen molar-refractivity contribution in [1.29, 1.82) is 0 Å². The maximum Gasteiger partial charge on any atom is 0.0737 e. The zero-order chi connectivity index (χ0) is 38.4. The molecule has 0 heteroatoms. The van der Waals surface area contributed by atoms with E-state index < -0.39 is 5.41 Å². The van der Waals surface area contributed by atoms with Crippen LogP contribution in [0.5, 0.6) is 0 Å². The van der Waals surface area contributed by atoms with Crippen molar-refractivity contribution in [3.63, 3.8) is 0 Å². The monoisotopic (exact) mass is 742 g/mol. The summed E-state index contributed by atoms with van der Waals surface area (Å²) in [6.45, 7) is 0. The van der Waals surface area contributed by atoms with Crippen LogP contribution in [0.15, 0.2) is 206 Å². The Labute approximate surface area is 341 Å². The molecular formula is C59H34. The van der Waals surface area contributed by atoms with Crippen LogP contribution in [0.4, 0.5) is 0 Å². The van der Waals surface area contributed by atoms with Crippen molar-refractivity contribution in [3.8, 4) is 33.4 Å². The first kappa shape index (κ1) is 31.5. The fraction of sp³-hybridized carbons (Fsp3) is 0.0169. The topological polar surface area (TPSA) is 0 Å². The molecule has 0 unspecified atom stereocenters. The summed E-state index contributed by atoms with van der Waals surface area (Å²) in [6.07, 6.45) is 0. The first-order chi connectivity index (χ1) is 29.3. The number of rotatable bonds is 1. The highest BCUT2D eigenvalue weighted by Gasteiger charge is 2.53. The smallest absolute Gasteiger partial charge is 0.0619 e. The van der Waals surface area contributed by atoms with Gasteiger partial charge in [0, 0.05) is 0 Å². The molecule has 59 heavy (non-hydrogen) atoms. The predicted octanol–water partition coefficient (Wildman–Crippen LogP) is 15.8. The highest BCUT2D eigenvalue weighted by molar-refractivity contribution is 6.33. The van der Waals surface area contributed by atoms with E-state index in [1.807, 2.05) is 0 Å². The third-order valence-corrected chi connectivity index (χ3v) is 14.0. The van der Waals surface area contributed by atoms with Crippen LogP contribution in [0.2, 0.25) is 0 Å². The van der Waals surface area contributed by atoms with Gasteiger partial charge < -0.3 is 0 Å². The molecule has 1 spiro atoms. The molecule has 270 valence electrons. The summed E-state index contributed by atoms with van der Waals surface area (Å²) >= 11 is 0. The lowest BCUT2D eigenvalue weighted by Crippen LogP contribution is -2.26. The molecule has 12 aromatic carbocycles. The van der Waals surface area contributed by atoms with E-state index in [0.717, 1.165) is 0 Å². The molecule has 0 saturated heterocycles. The largest absolute Gasteiger partial charge is 0.0737 e.